The van der Waals surface area contributed by atoms with E-state index in [-0.39, 0.29) is 5.91 Å². The number of hydrogen-bond donors (Lipinski definition) is 3. The van der Waals surface area contributed by atoms with Gasteiger partial charge in [-0.1, -0.05) is 6.07 Å². The SMILES string of the molecule is O=C(O)COc1cccc(NC(=O)c2ccn[nH]2)c1. The number of carboxylic acids is 1. The Balaban J connectivity index is 2.02. The van der Waals surface area contributed by atoms with Crippen LogP contribution >= 0.6 is 0 Å². The van der Waals surface area contributed by atoms with E-state index in [4.69, 9.17) is 9.84 Å². The third-order valence-corrected chi connectivity index (χ3v) is 2.20. The Morgan fingerprint density at radius 3 is 2.89 bits per heavy atom. The van der Waals surface area contributed by atoms with E-state index in [0.29, 0.717) is 17.1 Å². The first-order valence-electron chi connectivity index (χ1n) is 5.40. The normalized spacial score (nSPS) is 9.89. The summed E-state index contributed by atoms with van der Waals surface area (Å²) in [6.45, 7) is -0.433. The van der Waals surface area contributed by atoms with Crippen molar-refractivity contribution in [2.45, 2.75) is 0 Å². The predicted molar refractivity (Wildman–Crippen MR) is 66.1 cm³/mol. The van der Waals surface area contributed by atoms with Crippen LogP contribution in [0.2, 0.25) is 0 Å². The highest BCUT2D eigenvalue weighted by atomic mass is 16.5. The predicted octanol–water partition coefficient (Wildman–Crippen LogP) is 1.13. The van der Waals surface area contributed by atoms with E-state index < -0.39 is 12.6 Å². The second-order valence-corrected chi connectivity index (χ2v) is 3.63. The van der Waals surface area contributed by atoms with Crippen molar-refractivity contribution in [3.05, 3.63) is 42.2 Å². The summed E-state index contributed by atoms with van der Waals surface area (Å²) < 4.78 is 5.01. The quantitative estimate of drug-likeness (QED) is 0.748. The Hall–Kier alpha value is -2.83. The largest absolute Gasteiger partial charge is 0.482 e. The van der Waals surface area contributed by atoms with Gasteiger partial charge in [0, 0.05) is 18.0 Å². The monoisotopic (exact) mass is 261 g/mol. The number of nitrogens with zero attached hydrogens (tertiary/aromatic N) is 1. The number of carbonyl (C=O) groups is 2. The molecule has 2 aromatic rings. The fourth-order valence-electron chi connectivity index (χ4n) is 1.39. The molecule has 7 heteroatoms. The summed E-state index contributed by atoms with van der Waals surface area (Å²) in [6.07, 6.45) is 1.47. The summed E-state index contributed by atoms with van der Waals surface area (Å²) in [5.41, 5.74) is 0.833. The zero-order valence-electron chi connectivity index (χ0n) is 9.79. The van der Waals surface area contributed by atoms with Crippen LogP contribution in [0.1, 0.15) is 10.5 Å². The first kappa shape index (κ1) is 12.6. The summed E-state index contributed by atoms with van der Waals surface area (Å²) in [7, 11) is 0. The van der Waals surface area contributed by atoms with E-state index in [9.17, 15) is 9.59 Å². The van der Waals surface area contributed by atoms with Gasteiger partial charge in [0.2, 0.25) is 0 Å². The van der Waals surface area contributed by atoms with Gasteiger partial charge in [0.05, 0.1) is 0 Å². The Morgan fingerprint density at radius 2 is 2.21 bits per heavy atom. The minimum Gasteiger partial charge on any atom is -0.482 e. The topological polar surface area (TPSA) is 104 Å². The van der Waals surface area contributed by atoms with Crippen molar-refractivity contribution in [2.24, 2.45) is 0 Å². The Morgan fingerprint density at radius 1 is 1.37 bits per heavy atom. The van der Waals surface area contributed by atoms with Crippen LogP contribution in [0.5, 0.6) is 5.75 Å². The lowest BCUT2D eigenvalue weighted by molar-refractivity contribution is -0.139. The number of aromatic amines is 1. The average Bonchev–Trinajstić information content (AvgIpc) is 2.91. The maximum absolute atomic E-state index is 11.7. The minimum absolute atomic E-state index is 0.330. The van der Waals surface area contributed by atoms with E-state index in [0.717, 1.165) is 0 Å². The third-order valence-electron chi connectivity index (χ3n) is 2.20. The van der Waals surface area contributed by atoms with Crippen molar-refractivity contribution >= 4 is 17.6 Å². The molecule has 19 heavy (non-hydrogen) atoms. The molecule has 0 aliphatic heterocycles. The molecule has 3 N–H and O–H groups in total. The maximum Gasteiger partial charge on any atom is 0.341 e. The van der Waals surface area contributed by atoms with Crippen molar-refractivity contribution in [3.63, 3.8) is 0 Å². The molecule has 0 fully saturated rings. The van der Waals surface area contributed by atoms with E-state index in [2.05, 4.69) is 15.5 Å². The Kier molecular flexibility index (Phi) is 3.77. The first-order valence-corrected chi connectivity index (χ1v) is 5.40. The molecule has 0 radical (unpaired) electrons. The zero-order valence-corrected chi connectivity index (χ0v) is 9.79. The lowest BCUT2D eigenvalue weighted by Crippen LogP contribution is -2.13. The highest BCUT2D eigenvalue weighted by molar-refractivity contribution is 6.02. The summed E-state index contributed by atoms with van der Waals surface area (Å²) >= 11 is 0. The number of aromatic nitrogens is 2. The molecule has 0 unspecified atom stereocenters. The van der Waals surface area contributed by atoms with Gasteiger partial charge in [0.1, 0.15) is 11.4 Å². The van der Waals surface area contributed by atoms with Crippen LogP contribution in [0.15, 0.2) is 36.5 Å². The number of carboxylic acid groups (broad SMARTS) is 1. The van der Waals surface area contributed by atoms with Gasteiger partial charge in [-0.3, -0.25) is 9.89 Å². The Bertz CT molecular complexity index is 580. The molecule has 2 rings (SSSR count). The summed E-state index contributed by atoms with van der Waals surface area (Å²) in [6, 6.07) is 8.01. The van der Waals surface area contributed by atoms with Crippen molar-refractivity contribution < 1.29 is 19.4 Å². The minimum atomic E-state index is -1.06. The van der Waals surface area contributed by atoms with Crippen LogP contribution in [0.25, 0.3) is 0 Å². The van der Waals surface area contributed by atoms with E-state index >= 15 is 0 Å². The zero-order chi connectivity index (χ0) is 13.7. The van der Waals surface area contributed by atoms with Crippen LogP contribution in [0.4, 0.5) is 5.69 Å². The lowest BCUT2D eigenvalue weighted by Gasteiger charge is -2.07. The number of H-pyrrole nitrogens is 1. The van der Waals surface area contributed by atoms with Gasteiger partial charge >= 0.3 is 5.97 Å². The molecule has 1 aromatic heterocycles. The van der Waals surface area contributed by atoms with Gasteiger partial charge < -0.3 is 15.2 Å². The smallest absolute Gasteiger partial charge is 0.341 e. The highest BCUT2D eigenvalue weighted by Gasteiger charge is 2.07. The van der Waals surface area contributed by atoms with Crippen LogP contribution in [0.3, 0.4) is 0 Å². The molecular formula is C12H11N3O4. The second-order valence-electron chi connectivity index (χ2n) is 3.63. The van der Waals surface area contributed by atoms with Crippen LogP contribution in [-0.2, 0) is 4.79 Å². The fourth-order valence-corrected chi connectivity index (χ4v) is 1.39. The van der Waals surface area contributed by atoms with E-state index in [1.807, 2.05) is 0 Å². The second kappa shape index (κ2) is 5.67. The van der Waals surface area contributed by atoms with Crippen molar-refractivity contribution in [1.82, 2.24) is 10.2 Å². The number of carbonyl (C=O) groups excluding carboxylic acids is 1. The molecule has 0 saturated carbocycles. The number of nitrogens with one attached hydrogen (secondary N) is 2. The average molecular weight is 261 g/mol. The molecule has 0 aliphatic rings. The molecule has 98 valence electrons. The molecule has 0 aliphatic carbocycles. The van der Waals surface area contributed by atoms with Gasteiger partial charge in [0.25, 0.3) is 5.91 Å². The summed E-state index contributed by atoms with van der Waals surface area (Å²) in [4.78, 5) is 22.1. The van der Waals surface area contributed by atoms with Crippen molar-refractivity contribution in [1.29, 1.82) is 0 Å². The van der Waals surface area contributed by atoms with Crippen LogP contribution in [0, 0.1) is 0 Å². The fraction of sp³-hybridized carbons (Fsp3) is 0.0833. The number of benzene rings is 1. The molecule has 0 bridgehead atoms. The molecular weight excluding hydrogens is 250 g/mol. The molecule has 0 atom stereocenters. The first-order chi connectivity index (χ1) is 9.15. The van der Waals surface area contributed by atoms with E-state index in [1.54, 1.807) is 24.3 Å². The van der Waals surface area contributed by atoms with Gasteiger partial charge in [0.15, 0.2) is 6.61 Å². The van der Waals surface area contributed by atoms with Gasteiger partial charge in [-0.15, -0.1) is 0 Å². The highest BCUT2D eigenvalue weighted by Crippen LogP contribution is 2.17. The molecule has 0 saturated heterocycles. The molecule has 0 spiro atoms. The number of ether oxygens (including phenoxy) is 1. The molecule has 7 nitrogen and oxygen atoms in total. The molecule has 1 amide bonds. The summed E-state index contributed by atoms with van der Waals surface area (Å²) in [5.74, 6) is -1.04. The Labute approximate surface area is 108 Å². The van der Waals surface area contributed by atoms with Crippen LogP contribution in [-0.4, -0.2) is 33.8 Å². The van der Waals surface area contributed by atoms with Gasteiger partial charge in [-0.25, -0.2) is 4.79 Å². The third kappa shape index (κ3) is 3.56. The maximum atomic E-state index is 11.7. The molecule has 1 heterocycles. The molecule has 1 aromatic carbocycles. The summed E-state index contributed by atoms with van der Waals surface area (Å²) in [5, 5.41) is 17.4. The number of aliphatic carboxylic acids is 1. The van der Waals surface area contributed by atoms with E-state index in [1.165, 1.54) is 12.3 Å². The van der Waals surface area contributed by atoms with Gasteiger partial charge in [-0.2, -0.15) is 5.10 Å². The van der Waals surface area contributed by atoms with Crippen molar-refractivity contribution in [2.75, 3.05) is 11.9 Å². The lowest BCUT2D eigenvalue weighted by atomic mass is 10.3. The number of anilines is 1. The number of rotatable bonds is 5. The van der Waals surface area contributed by atoms with Crippen molar-refractivity contribution in [3.8, 4) is 5.75 Å². The van der Waals surface area contributed by atoms with Crippen LogP contribution < -0.4 is 10.1 Å². The number of hydrogen-bond acceptors (Lipinski definition) is 4. The number of amides is 1. The standard InChI is InChI=1S/C12H11N3O4/c16-11(17)7-19-9-3-1-2-8(6-9)14-12(18)10-4-5-13-15-10/h1-6H,7H2,(H,13,15)(H,14,18)(H,16,17). The van der Waals surface area contributed by atoms with Gasteiger partial charge in [-0.05, 0) is 18.2 Å².